The number of aromatic hydroxyl groups is 3. The molecule has 5 atom stereocenters. The molecule has 1 fully saturated rings. The van der Waals surface area contributed by atoms with Gasteiger partial charge in [-0.1, -0.05) is 0 Å². The minimum atomic E-state index is -1.83. The zero-order valence-electron chi connectivity index (χ0n) is 17.7. The standard InChI is InChI=1S/C22H22O12/c1-31-12-4-8(2-3-10(12)25)20-21(17(28)15-11(26)5-9(24)6-13(15)32-20)34-22-19(30)18(29)16(27)14(7-23)33-22/h2-6,14,16,18-19,22-27,29-30H,7H2,1H3/t14-,16+,18+,19-,22?/m1/s1. The van der Waals surface area contributed by atoms with Gasteiger partial charge in [-0.2, -0.15) is 0 Å². The molecule has 2 heterocycles. The third-order valence-electron chi connectivity index (χ3n) is 5.44. The molecular weight excluding hydrogens is 456 g/mol. The Hall–Kier alpha value is -3.55. The van der Waals surface area contributed by atoms with E-state index in [1.807, 2.05) is 0 Å². The van der Waals surface area contributed by atoms with Crippen molar-refractivity contribution in [2.45, 2.75) is 30.7 Å². The van der Waals surface area contributed by atoms with Crippen LogP contribution >= 0.6 is 0 Å². The highest BCUT2D eigenvalue weighted by atomic mass is 16.7. The summed E-state index contributed by atoms with van der Waals surface area (Å²) in [6.07, 6.45) is -8.29. The SMILES string of the molecule is COc1cc(-c2oc3cc(O)cc(O)c3c(=O)c2OC2O[C@H](CO)[C@H](O)[C@H](O)[C@H]2O)ccc1O. The predicted octanol–water partition coefficient (Wildman–Crippen LogP) is -0.236. The highest BCUT2D eigenvalue weighted by Crippen LogP contribution is 2.39. The minimum absolute atomic E-state index is 0.0257. The van der Waals surface area contributed by atoms with Crippen molar-refractivity contribution in [1.29, 1.82) is 0 Å². The normalized spacial score (nSPS) is 24.8. The number of hydrogen-bond acceptors (Lipinski definition) is 12. The van der Waals surface area contributed by atoms with Crippen molar-refractivity contribution in [3.8, 4) is 40.1 Å². The molecule has 0 spiro atoms. The van der Waals surface area contributed by atoms with Crippen LogP contribution in [0.2, 0.25) is 0 Å². The summed E-state index contributed by atoms with van der Waals surface area (Å²) in [4.78, 5) is 13.3. The van der Waals surface area contributed by atoms with Gasteiger partial charge in [0.25, 0.3) is 0 Å². The van der Waals surface area contributed by atoms with Crippen LogP contribution in [0.5, 0.6) is 28.7 Å². The summed E-state index contributed by atoms with van der Waals surface area (Å²) in [5, 5.41) is 69.4. The summed E-state index contributed by atoms with van der Waals surface area (Å²) in [5.74, 6) is -2.00. The van der Waals surface area contributed by atoms with Gasteiger partial charge in [-0.3, -0.25) is 4.79 Å². The third-order valence-corrected chi connectivity index (χ3v) is 5.44. The maximum Gasteiger partial charge on any atom is 0.239 e. The van der Waals surface area contributed by atoms with Crippen LogP contribution in [0.3, 0.4) is 0 Å². The van der Waals surface area contributed by atoms with E-state index in [9.17, 15) is 40.5 Å². The van der Waals surface area contributed by atoms with E-state index in [1.165, 1.54) is 25.3 Å². The molecule has 0 aliphatic carbocycles. The summed E-state index contributed by atoms with van der Waals surface area (Å²) in [6, 6.07) is 5.96. The van der Waals surface area contributed by atoms with Gasteiger partial charge >= 0.3 is 0 Å². The first kappa shape index (κ1) is 23.6. The van der Waals surface area contributed by atoms with Crippen LogP contribution in [0.15, 0.2) is 39.5 Å². The molecule has 182 valence electrons. The van der Waals surface area contributed by atoms with Gasteiger partial charge in [-0.25, -0.2) is 0 Å². The van der Waals surface area contributed by atoms with Crippen molar-refractivity contribution < 1.29 is 54.4 Å². The second kappa shape index (κ2) is 9.00. The molecule has 1 aliphatic heterocycles. The molecule has 34 heavy (non-hydrogen) atoms. The van der Waals surface area contributed by atoms with Gasteiger partial charge < -0.3 is 54.4 Å². The maximum absolute atomic E-state index is 13.3. The Morgan fingerprint density at radius 3 is 2.38 bits per heavy atom. The molecule has 4 rings (SSSR count). The molecular formula is C22H22O12. The van der Waals surface area contributed by atoms with Crippen LogP contribution < -0.4 is 14.9 Å². The second-order valence-electron chi connectivity index (χ2n) is 7.63. The van der Waals surface area contributed by atoms with Gasteiger partial charge in [0, 0.05) is 17.7 Å². The van der Waals surface area contributed by atoms with Gasteiger partial charge in [0.15, 0.2) is 17.3 Å². The molecule has 1 unspecified atom stereocenters. The van der Waals surface area contributed by atoms with Crippen molar-refractivity contribution in [2.75, 3.05) is 13.7 Å². The lowest BCUT2D eigenvalue weighted by molar-refractivity contribution is -0.277. The Labute approximate surface area is 191 Å². The molecule has 1 aliphatic rings. The number of fused-ring (bicyclic) bond motifs is 1. The van der Waals surface area contributed by atoms with Crippen LogP contribution in [0.25, 0.3) is 22.3 Å². The first-order valence-corrected chi connectivity index (χ1v) is 10.0. The van der Waals surface area contributed by atoms with Crippen molar-refractivity contribution in [3.63, 3.8) is 0 Å². The summed E-state index contributed by atoms with van der Waals surface area (Å²) in [6.45, 7) is -0.723. The number of methoxy groups -OCH3 is 1. The number of phenols is 3. The molecule has 0 amide bonds. The van der Waals surface area contributed by atoms with Crippen molar-refractivity contribution >= 4 is 11.0 Å². The van der Waals surface area contributed by atoms with Gasteiger partial charge in [0.05, 0.1) is 13.7 Å². The van der Waals surface area contributed by atoms with Crippen LogP contribution in [0.4, 0.5) is 0 Å². The minimum Gasteiger partial charge on any atom is -0.508 e. The van der Waals surface area contributed by atoms with Crippen LogP contribution in [-0.2, 0) is 4.74 Å². The van der Waals surface area contributed by atoms with Crippen molar-refractivity contribution in [2.24, 2.45) is 0 Å². The Kier molecular flexibility index (Phi) is 6.25. The Balaban J connectivity index is 1.92. The van der Waals surface area contributed by atoms with E-state index in [0.717, 1.165) is 12.1 Å². The number of rotatable bonds is 5. The molecule has 2 aromatic carbocycles. The fraction of sp³-hybridized carbons (Fsp3) is 0.318. The molecule has 1 saturated heterocycles. The first-order valence-electron chi connectivity index (χ1n) is 10.0. The Bertz CT molecular complexity index is 1270. The van der Waals surface area contributed by atoms with Gasteiger partial charge in [-0.05, 0) is 18.2 Å². The molecule has 0 saturated carbocycles. The van der Waals surface area contributed by atoms with E-state index in [0.29, 0.717) is 0 Å². The highest BCUT2D eigenvalue weighted by molar-refractivity contribution is 5.88. The molecule has 12 heteroatoms. The predicted molar refractivity (Wildman–Crippen MR) is 114 cm³/mol. The summed E-state index contributed by atoms with van der Waals surface area (Å²) < 4.78 is 21.8. The zero-order valence-corrected chi connectivity index (χ0v) is 17.7. The van der Waals surface area contributed by atoms with Gasteiger partial charge in [0.2, 0.25) is 17.5 Å². The number of phenolic OH excluding ortho intramolecular Hbond substituents is 3. The zero-order chi connectivity index (χ0) is 24.7. The van der Waals surface area contributed by atoms with E-state index in [1.54, 1.807) is 0 Å². The molecule has 1 aromatic heterocycles. The van der Waals surface area contributed by atoms with E-state index in [-0.39, 0.29) is 39.5 Å². The number of hydrogen-bond donors (Lipinski definition) is 7. The Morgan fingerprint density at radius 2 is 1.71 bits per heavy atom. The molecule has 3 aromatic rings. The van der Waals surface area contributed by atoms with Crippen LogP contribution in [0.1, 0.15) is 0 Å². The summed E-state index contributed by atoms with van der Waals surface area (Å²) >= 11 is 0. The molecule has 7 N–H and O–H groups in total. The number of benzene rings is 2. The topological polar surface area (TPSA) is 200 Å². The van der Waals surface area contributed by atoms with Crippen molar-refractivity contribution in [3.05, 3.63) is 40.6 Å². The smallest absolute Gasteiger partial charge is 0.239 e. The van der Waals surface area contributed by atoms with E-state index >= 15 is 0 Å². The van der Waals surface area contributed by atoms with E-state index < -0.39 is 54.2 Å². The monoisotopic (exact) mass is 478 g/mol. The van der Waals surface area contributed by atoms with Crippen LogP contribution in [-0.4, -0.2) is 80.2 Å². The quantitative estimate of drug-likeness (QED) is 0.254. The molecule has 12 nitrogen and oxygen atoms in total. The van der Waals surface area contributed by atoms with Gasteiger partial charge in [-0.15, -0.1) is 0 Å². The first-order chi connectivity index (χ1) is 16.2. The second-order valence-corrected chi connectivity index (χ2v) is 7.63. The highest BCUT2D eigenvalue weighted by Gasteiger charge is 2.45. The molecule has 0 radical (unpaired) electrons. The average molecular weight is 478 g/mol. The van der Waals surface area contributed by atoms with Gasteiger partial charge in [0.1, 0.15) is 46.9 Å². The molecule has 0 bridgehead atoms. The lowest BCUT2D eigenvalue weighted by Crippen LogP contribution is -2.60. The Morgan fingerprint density at radius 1 is 0.971 bits per heavy atom. The summed E-state index contributed by atoms with van der Waals surface area (Å²) in [7, 11) is 1.30. The number of ether oxygens (including phenoxy) is 3. The van der Waals surface area contributed by atoms with Crippen LogP contribution in [0, 0.1) is 0 Å². The fourth-order valence-corrected chi connectivity index (χ4v) is 3.67. The maximum atomic E-state index is 13.3. The third kappa shape index (κ3) is 3.97. The lowest BCUT2D eigenvalue weighted by Gasteiger charge is -2.39. The van der Waals surface area contributed by atoms with E-state index in [2.05, 4.69) is 0 Å². The number of aliphatic hydroxyl groups excluding tert-OH is 4. The average Bonchev–Trinajstić information content (AvgIpc) is 2.80. The van der Waals surface area contributed by atoms with Crippen molar-refractivity contribution in [1.82, 2.24) is 0 Å². The summed E-state index contributed by atoms with van der Waals surface area (Å²) in [5.41, 5.74) is -0.959. The lowest BCUT2D eigenvalue weighted by atomic mass is 9.99. The number of aliphatic hydroxyl groups is 4. The largest absolute Gasteiger partial charge is 0.508 e. The fourth-order valence-electron chi connectivity index (χ4n) is 3.67. The van der Waals surface area contributed by atoms with E-state index in [4.69, 9.17) is 18.6 Å².